The molecule has 0 atom stereocenters. The Morgan fingerprint density at radius 2 is 1.77 bits per heavy atom. The predicted molar refractivity (Wildman–Crippen MR) is 119 cm³/mol. The number of rotatable bonds is 7. The Morgan fingerprint density at radius 3 is 2.45 bits per heavy atom. The molecule has 2 aromatic carbocycles. The second kappa shape index (κ2) is 8.87. The van der Waals surface area contributed by atoms with Gasteiger partial charge in [-0.15, -0.1) is 11.3 Å². The molecule has 0 spiro atoms. The van der Waals surface area contributed by atoms with Gasteiger partial charge in [0.1, 0.15) is 11.5 Å². The Balaban J connectivity index is 1.36. The lowest BCUT2D eigenvalue weighted by molar-refractivity contribution is 0.0921. The van der Waals surface area contributed by atoms with Crippen LogP contribution in [0.3, 0.4) is 0 Å². The van der Waals surface area contributed by atoms with Crippen LogP contribution in [-0.2, 0) is 22.1 Å². The van der Waals surface area contributed by atoms with Crippen molar-refractivity contribution in [2.24, 2.45) is 0 Å². The van der Waals surface area contributed by atoms with Crippen LogP contribution in [0, 0.1) is 6.92 Å². The number of carbonyl (C=O) groups is 1. The maximum absolute atomic E-state index is 12.5. The minimum atomic E-state index is -3.54. The molecular formula is C23H20N2O4S2. The van der Waals surface area contributed by atoms with Crippen molar-refractivity contribution in [1.82, 2.24) is 10.3 Å². The third kappa shape index (κ3) is 5.10. The van der Waals surface area contributed by atoms with Crippen molar-refractivity contribution in [3.8, 4) is 11.3 Å². The summed E-state index contributed by atoms with van der Waals surface area (Å²) in [5, 5.41) is 5.82. The van der Waals surface area contributed by atoms with Crippen molar-refractivity contribution < 1.29 is 17.6 Å². The molecule has 6 nitrogen and oxygen atoms in total. The van der Waals surface area contributed by atoms with Crippen LogP contribution in [-0.4, -0.2) is 19.3 Å². The fourth-order valence-corrected chi connectivity index (χ4v) is 4.93. The van der Waals surface area contributed by atoms with E-state index in [0.29, 0.717) is 6.54 Å². The standard InChI is InChI=1S/C23H20N2O4S2/c1-16-25-21(14-30-16)18-9-7-17(8-10-18)13-24-23(26)22-12-11-19(29-22)15-31(27,28)20-5-3-2-4-6-20/h2-12,14H,13,15H2,1H3,(H,24,26). The summed E-state index contributed by atoms with van der Waals surface area (Å²) in [6.07, 6.45) is 0. The predicted octanol–water partition coefficient (Wildman–Crippen LogP) is 4.62. The molecule has 2 heterocycles. The Labute approximate surface area is 184 Å². The summed E-state index contributed by atoms with van der Waals surface area (Å²) in [6, 6.07) is 19.0. The van der Waals surface area contributed by atoms with Gasteiger partial charge in [0, 0.05) is 17.5 Å². The van der Waals surface area contributed by atoms with Gasteiger partial charge in [-0.25, -0.2) is 13.4 Å². The number of thiazole rings is 1. The van der Waals surface area contributed by atoms with Crippen LogP contribution in [0.2, 0.25) is 0 Å². The third-order valence-electron chi connectivity index (χ3n) is 4.64. The summed E-state index contributed by atoms with van der Waals surface area (Å²) in [5.41, 5.74) is 2.89. The molecule has 1 N–H and O–H groups in total. The van der Waals surface area contributed by atoms with Crippen LogP contribution in [0.5, 0.6) is 0 Å². The molecule has 158 valence electrons. The van der Waals surface area contributed by atoms with Gasteiger partial charge in [0.2, 0.25) is 0 Å². The Bertz CT molecular complexity index is 1290. The second-order valence-electron chi connectivity index (χ2n) is 6.97. The average molecular weight is 453 g/mol. The van der Waals surface area contributed by atoms with E-state index in [2.05, 4.69) is 10.3 Å². The molecule has 0 fully saturated rings. The zero-order valence-corrected chi connectivity index (χ0v) is 18.4. The monoisotopic (exact) mass is 452 g/mol. The van der Waals surface area contributed by atoms with E-state index < -0.39 is 15.7 Å². The molecule has 4 aromatic rings. The summed E-state index contributed by atoms with van der Waals surface area (Å²) in [7, 11) is -3.54. The molecule has 2 aromatic heterocycles. The molecule has 0 saturated heterocycles. The number of furan rings is 1. The Kier molecular flexibility index (Phi) is 6.01. The number of hydrogen-bond donors (Lipinski definition) is 1. The first-order chi connectivity index (χ1) is 14.9. The fourth-order valence-electron chi connectivity index (χ4n) is 3.03. The number of aromatic nitrogens is 1. The highest BCUT2D eigenvalue weighted by Crippen LogP contribution is 2.22. The molecule has 4 rings (SSSR count). The zero-order chi connectivity index (χ0) is 21.8. The SMILES string of the molecule is Cc1nc(-c2ccc(CNC(=O)c3ccc(CS(=O)(=O)c4ccccc4)o3)cc2)cs1. The van der Waals surface area contributed by atoms with E-state index in [0.717, 1.165) is 21.8 Å². The fraction of sp³-hybridized carbons (Fsp3) is 0.130. The molecular weight excluding hydrogens is 432 g/mol. The molecule has 31 heavy (non-hydrogen) atoms. The largest absolute Gasteiger partial charge is 0.455 e. The molecule has 1 amide bonds. The van der Waals surface area contributed by atoms with E-state index in [1.165, 1.54) is 24.3 Å². The van der Waals surface area contributed by atoms with Gasteiger partial charge in [0.05, 0.1) is 15.6 Å². The van der Waals surface area contributed by atoms with Gasteiger partial charge in [-0.05, 0) is 36.8 Å². The van der Waals surface area contributed by atoms with Crippen LogP contribution in [0.15, 0.2) is 81.4 Å². The van der Waals surface area contributed by atoms with E-state index in [1.807, 2.05) is 36.6 Å². The lowest BCUT2D eigenvalue weighted by atomic mass is 10.1. The molecule has 0 radical (unpaired) electrons. The highest BCUT2D eigenvalue weighted by atomic mass is 32.2. The van der Waals surface area contributed by atoms with Gasteiger partial charge in [0.25, 0.3) is 5.91 Å². The molecule has 8 heteroatoms. The van der Waals surface area contributed by atoms with Crippen LogP contribution >= 0.6 is 11.3 Å². The Morgan fingerprint density at radius 1 is 1.03 bits per heavy atom. The second-order valence-corrected chi connectivity index (χ2v) is 10.0. The first-order valence-corrected chi connectivity index (χ1v) is 12.1. The summed E-state index contributed by atoms with van der Waals surface area (Å²) >= 11 is 1.60. The number of nitrogens with zero attached hydrogens (tertiary/aromatic N) is 1. The smallest absolute Gasteiger partial charge is 0.287 e. The number of aryl methyl sites for hydroxylation is 1. The first kappa shape index (κ1) is 21.0. The molecule has 0 aliphatic carbocycles. The van der Waals surface area contributed by atoms with Gasteiger partial charge in [-0.1, -0.05) is 42.5 Å². The summed E-state index contributed by atoms with van der Waals surface area (Å²) in [6.45, 7) is 2.29. The van der Waals surface area contributed by atoms with E-state index in [1.54, 1.807) is 29.5 Å². The number of hydrogen-bond acceptors (Lipinski definition) is 6. The normalized spacial score (nSPS) is 11.4. The highest BCUT2D eigenvalue weighted by molar-refractivity contribution is 7.90. The van der Waals surface area contributed by atoms with Crippen LogP contribution in [0.1, 0.15) is 26.9 Å². The summed E-state index contributed by atoms with van der Waals surface area (Å²) in [5.74, 6) is -0.408. The number of nitrogens with one attached hydrogen (secondary N) is 1. The molecule has 0 aliphatic heterocycles. The van der Waals surface area contributed by atoms with Gasteiger partial charge in [-0.3, -0.25) is 4.79 Å². The third-order valence-corrected chi connectivity index (χ3v) is 7.07. The average Bonchev–Trinajstić information content (AvgIpc) is 3.42. The lowest BCUT2D eigenvalue weighted by Crippen LogP contribution is -2.22. The van der Waals surface area contributed by atoms with Crippen molar-refractivity contribution in [3.05, 3.63) is 94.2 Å². The molecule has 0 saturated carbocycles. The molecule has 0 bridgehead atoms. The number of benzene rings is 2. The van der Waals surface area contributed by atoms with Gasteiger partial charge in [-0.2, -0.15) is 0 Å². The van der Waals surface area contributed by atoms with E-state index in [-0.39, 0.29) is 22.2 Å². The van der Waals surface area contributed by atoms with E-state index in [9.17, 15) is 13.2 Å². The van der Waals surface area contributed by atoms with Gasteiger partial charge < -0.3 is 9.73 Å². The van der Waals surface area contributed by atoms with Crippen molar-refractivity contribution in [3.63, 3.8) is 0 Å². The molecule has 0 aliphatic rings. The van der Waals surface area contributed by atoms with Crippen molar-refractivity contribution >= 4 is 27.1 Å². The first-order valence-electron chi connectivity index (χ1n) is 9.57. The topological polar surface area (TPSA) is 89.3 Å². The minimum Gasteiger partial charge on any atom is -0.455 e. The highest BCUT2D eigenvalue weighted by Gasteiger charge is 2.19. The zero-order valence-electron chi connectivity index (χ0n) is 16.7. The van der Waals surface area contributed by atoms with E-state index in [4.69, 9.17) is 4.42 Å². The van der Waals surface area contributed by atoms with Crippen molar-refractivity contribution in [2.45, 2.75) is 24.1 Å². The number of sulfone groups is 1. The number of amides is 1. The number of carbonyl (C=O) groups excluding carboxylic acids is 1. The minimum absolute atomic E-state index is 0.0767. The van der Waals surface area contributed by atoms with Crippen LogP contribution < -0.4 is 5.32 Å². The van der Waals surface area contributed by atoms with Crippen LogP contribution in [0.25, 0.3) is 11.3 Å². The quantitative estimate of drug-likeness (QED) is 0.442. The maximum Gasteiger partial charge on any atom is 0.287 e. The maximum atomic E-state index is 12.5. The molecule has 0 unspecified atom stereocenters. The van der Waals surface area contributed by atoms with Crippen LogP contribution in [0.4, 0.5) is 0 Å². The lowest BCUT2D eigenvalue weighted by Gasteiger charge is -2.05. The van der Waals surface area contributed by atoms with Crippen molar-refractivity contribution in [1.29, 1.82) is 0 Å². The van der Waals surface area contributed by atoms with Crippen molar-refractivity contribution in [2.75, 3.05) is 0 Å². The summed E-state index contributed by atoms with van der Waals surface area (Å²) in [4.78, 5) is 17.1. The van der Waals surface area contributed by atoms with Gasteiger partial charge in [0.15, 0.2) is 15.6 Å². The van der Waals surface area contributed by atoms with E-state index >= 15 is 0 Å². The van der Waals surface area contributed by atoms with Gasteiger partial charge >= 0.3 is 0 Å². The Hall–Kier alpha value is -3.23. The summed E-state index contributed by atoms with van der Waals surface area (Å²) < 4.78 is 30.4.